The van der Waals surface area contributed by atoms with Gasteiger partial charge in [-0.3, -0.25) is 0 Å². The minimum atomic E-state index is 0.442. The number of nitrogens with zero attached hydrogens (tertiary/aromatic N) is 1. The Labute approximate surface area is 103 Å². The summed E-state index contributed by atoms with van der Waals surface area (Å²) in [5.41, 5.74) is 7.74. The molecule has 94 valence electrons. The highest BCUT2D eigenvalue weighted by molar-refractivity contribution is 5.71. The van der Waals surface area contributed by atoms with Crippen LogP contribution < -0.4 is 20.7 Å². The normalized spacial score (nSPS) is 18.7. The number of para-hydroxylation sites is 1. The number of rotatable bonds is 4. The van der Waals surface area contributed by atoms with Crippen LogP contribution in [0.4, 0.5) is 11.4 Å². The molecule has 0 saturated carbocycles. The molecule has 1 aromatic carbocycles. The molecule has 1 unspecified atom stereocenters. The van der Waals surface area contributed by atoms with Gasteiger partial charge in [0.1, 0.15) is 6.61 Å². The smallest absolute Gasteiger partial charge is 0.165 e. The van der Waals surface area contributed by atoms with E-state index in [-0.39, 0.29) is 0 Å². The monoisotopic (exact) mass is 235 g/mol. The predicted molar refractivity (Wildman–Crippen MR) is 71.7 cm³/mol. The van der Waals surface area contributed by atoms with Gasteiger partial charge in [0, 0.05) is 7.05 Å². The molecule has 0 spiro atoms. The van der Waals surface area contributed by atoms with Crippen molar-refractivity contribution < 1.29 is 4.74 Å². The fraction of sp³-hybridized carbons (Fsp3) is 0.538. The third kappa shape index (κ3) is 2.47. The summed E-state index contributed by atoms with van der Waals surface area (Å²) in [6.07, 6.45) is 2.29. The highest BCUT2D eigenvalue weighted by atomic mass is 16.5. The highest BCUT2D eigenvalue weighted by Crippen LogP contribution is 2.38. The summed E-state index contributed by atoms with van der Waals surface area (Å²) < 4.78 is 5.78. The van der Waals surface area contributed by atoms with Crippen molar-refractivity contribution in [3.63, 3.8) is 0 Å². The van der Waals surface area contributed by atoms with Crippen molar-refractivity contribution >= 4 is 11.4 Å². The quantitative estimate of drug-likeness (QED) is 0.613. The zero-order valence-electron chi connectivity index (χ0n) is 10.6. The lowest BCUT2D eigenvalue weighted by molar-refractivity contribution is 0.259. The van der Waals surface area contributed by atoms with Crippen LogP contribution in [0.3, 0.4) is 0 Å². The number of fused-ring (bicyclic) bond motifs is 1. The van der Waals surface area contributed by atoms with Gasteiger partial charge < -0.3 is 20.7 Å². The van der Waals surface area contributed by atoms with E-state index in [1.54, 1.807) is 0 Å². The highest BCUT2D eigenvalue weighted by Gasteiger charge is 2.25. The summed E-state index contributed by atoms with van der Waals surface area (Å²) in [5, 5.41) is 3.17. The topological polar surface area (TPSA) is 50.5 Å². The second-order valence-electron chi connectivity index (χ2n) is 4.52. The lowest BCUT2D eigenvalue weighted by Crippen LogP contribution is -2.40. The minimum absolute atomic E-state index is 0.442. The number of hydrogen-bond donors (Lipinski definition) is 2. The van der Waals surface area contributed by atoms with E-state index < -0.39 is 0 Å². The van der Waals surface area contributed by atoms with Gasteiger partial charge in [0.2, 0.25) is 0 Å². The van der Waals surface area contributed by atoms with E-state index in [9.17, 15) is 0 Å². The molecular weight excluding hydrogens is 214 g/mol. The van der Waals surface area contributed by atoms with Gasteiger partial charge in [0.15, 0.2) is 5.75 Å². The molecule has 4 nitrogen and oxygen atoms in total. The number of nitrogens with two attached hydrogens (primary N) is 1. The average Bonchev–Trinajstić information content (AvgIpc) is 2.33. The average molecular weight is 235 g/mol. The van der Waals surface area contributed by atoms with Crippen molar-refractivity contribution in [1.82, 2.24) is 5.32 Å². The SMILES string of the molecule is CNCCCC1COc2c(N)cccc2N1C. The molecule has 0 aromatic heterocycles. The van der Waals surface area contributed by atoms with Crippen LogP contribution in [0, 0.1) is 0 Å². The van der Waals surface area contributed by atoms with E-state index in [4.69, 9.17) is 10.5 Å². The van der Waals surface area contributed by atoms with Crippen molar-refractivity contribution in [3.05, 3.63) is 18.2 Å². The van der Waals surface area contributed by atoms with Gasteiger partial charge in [-0.1, -0.05) is 6.07 Å². The largest absolute Gasteiger partial charge is 0.487 e. The van der Waals surface area contributed by atoms with Crippen molar-refractivity contribution in [3.8, 4) is 5.75 Å². The first-order chi connectivity index (χ1) is 8.24. The molecule has 2 rings (SSSR count). The Bertz CT molecular complexity index is 381. The van der Waals surface area contributed by atoms with E-state index in [0.717, 1.165) is 43.1 Å². The van der Waals surface area contributed by atoms with Crippen LogP contribution in [0.1, 0.15) is 12.8 Å². The number of nitrogen functional groups attached to an aromatic ring is 1. The second-order valence-corrected chi connectivity index (χ2v) is 4.52. The number of benzene rings is 1. The number of nitrogens with one attached hydrogen (secondary N) is 1. The molecule has 0 bridgehead atoms. The predicted octanol–water partition coefficient (Wildman–Crippen LogP) is 1.47. The summed E-state index contributed by atoms with van der Waals surface area (Å²) in [4.78, 5) is 2.28. The Kier molecular flexibility index (Phi) is 3.74. The van der Waals surface area contributed by atoms with Gasteiger partial charge >= 0.3 is 0 Å². The fourth-order valence-corrected chi connectivity index (χ4v) is 2.26. The second kappa shape index (κ2) is 5.27. The maximum absolute atomic E-state index is 5.91. The van der Waals surface area contributed by atoms with E-state index in [1.165, 1.54) is 0 Å². The standard InChI is InChI=1S/C13H21N3O/c1-15-8-4-5-10-9-17-13-11(14)6-3-7-12(13)16(10)2/h3,6-7,10,15H,4-5,8-9,14H2,1-2H3. The molecule has 1 aliphatic rings. The third-order valence-corrected chi connectivity index (χ3v) is 3.34. The van der Waals surface area contributed by atoms with Crippen molar-refractivity contribution in [2.24, 2.45) is 0 Å². The lowest BCUT2D eigenvalue weighted by Gasteiger charge is -2.36. The Hall–Kier alpha value is -1.42. The molecule has 1 aromatic rings. The molecule has 17 heavy (non-hydrogen) atoms. The van der Waals surface area contributed by atoms with E-state index in [2.05, 4.69) is 23.3 Å². The summed E-state index contributed by atoms with van der Waals surface area (Å²) in [5.74, 6) is 0.833. The molecule has 1 aliphatic heterocycles. The van der Waals surface area contributed by atoms with Gasteiger partial charge in [-0.2, -0.15) is 0 Å². The van der Waals surface area contributed by atoms with Crippen molar-refractivity contribution in [1.29, 1.82) is 0 Å². The Morgan fingerprint density at radius 1 is 1.53 bits per heavy atom. The van der Waals surface area contributed by atoms with Gasteiger partial charge in [0.25, 0.3) is 0 Å². The minimum Gasteiger partial charge on any atom is -0.487 e. The molecule has 0 fully saturated rings. The van der Waals surface area contributed by atoms with Gasteiger partial charge in [-0.15, -0.1) is 0 Å². The van der Waals surface area contributed by atoms with E-state index in [0.29, 0.717) is 6.04 Å². The van der Waals surface area contributed by atoms with Gasteiger partial charge in [0.05, 0.1) is 17.4 Å². The number of ether oxygens (including phenoxy) is 1. The van der Waals surface area contributed by atoms with Crippen LogP contribution in [0.15, 0.2) is 18.2 Å². The zero-order chi connectivity index (χ0) is 12.3. The molecule has 1 heterocycles. The molecule has 0 radical (unpaired) electrons. The van der Waals surface area contributed by atoms with Crippen LogP contribution in [0.25, 0.3) is 0 Å². The van der Waals surface area contributed by atoms with Gasteiger partial charge in [-0.05, 0) is 38.6 Å². The lowest BCUT2D eigenvalue weighted by atomic mass is 10.1. The first kappa shape index (κ1) is 12.0. The van der Waals surface area contributed by atoms with E-state index >= 15 is 0 Å². The van der Waals surface area contributed by atoms with Crippen LogP contribution in [-0.2, 0) is 0 Å². The molecule has 1 atom stereocenters. The van der Waals surface area contributed by atoms with Crippen molar-refractivity contribution in [2.45, 2.75) is 18.9 Å². The molecule has 4 heteroatoms. The number of likely N-dealkylation sites (N-methyl/N-ethyl adjacent to an activating group) is 1. The van der Waals surface area contributed by atoms with Gasteiger partial charge in [-0.25, -0.2) is 0 Å². The van der Waals surface area contributed by atoms with Crippen LogP contribution in [-0.4, -0.2) is 33.3 Å². The number of anilines is 2. The summed E-state index contributed by atoms with van der Waals surface area (Å²) >= 11 is 0. The Morgan fingerprint density at radius 3 is 3.12 bits per heavy atom. The first-order valence-corrected chi connectivity index (χ1v) is 6.12. The molecule has 0 aliphatic carbocycles. The maximum atomic E-state index is 5.91. The first-order valence-electron chi connectivity index (χ1n) is 6.12. The summed E-state index contributed by atoms with van der Waals surface area (Å²) in [6.45, 7) is 1.77. The molecule has 0 saturated heterocycles. The summed E-state index contributed by atoms with van der Waals surface area (Å²) in [6, 6.07) is 6.37. The molecular formula is C13H21N3O. The third-order valence-electron chi connectivity index (χ3n) is 3.34. The van der Waals surface area contributed by atoms with Crippen LogP contribution in [0.5, 0.6) is 5.75 Å². The van der Waals surface area contributed by atoms with E-state index in [1.807, 2.05) is 19.2 Å². The molecule has 0 amide bonds. The Balaban J connectivity index is 2.08. The fourth-order valence-electron chi connectivity index (χ4n) is 2.26. The molecule has 3 N–H and O–H groups in total. The van der Waals surface area contributed by atoms with Crippen molar-refractivity contribution in [2.75, 3.05) is 37.9 Å². The Morgan fingerprint density at radius 2 is 2.35 bits per heavy atom. The number of hydrogen-bond acceptors (Lipinski definition) is 4. The van der Waals surface area contributed by atoms with Crippen LogP contribution in [0.2, 0.25) is 0 Å². The zero-order valence-corrected chi connectivity index (χ0v) is 10.6. The maximum Gasteiger partial charge on any atom is 0.165 e. The summed E-state index contributed by atoms with van der Waals surface area (Å²) in [7, 11) is 4.10. The van der Waals surface area contributed by atoms with Crippen LogP contribution >= 0.6 is 0 Å².